The van der Waals surface area contributed by atoms with Crippen molar-refractivity contribution in [2.45, 2.75) is 90.9 Å². The molecule has 2 heteroatoms. The minimum absolute atomic E-state index is 0. The smallest absolute Gasteiger partial charge is 0.0782 e. The van der Waals surface area contributed by atoms with Crippen molar-refractivity contribution in [3.8, 4) is 0 Å². The summed E-state index contributed by atoms with van der Waals surface area (Å²) in [6.07, 6.45) is 17.1. The normalized spacial score (nSPS) is 11.4. The highest BCUT2D eigenvalue weighted by molar-refractivity contribution is 4.46. The van der Waals surface area contributed by atoms with E-state index in [1.807, 2.05) is 0 Å². The van der Waals surface area contributed by atoms with Crippen LogP contribution in [0.4, 0.5) is 0 Å². The molecule has 0 amide bonds. The van der Waals surface area contributed by atoms with Gasteiger partial charge in [-0.05, 0) is 25.7 Å². The standard InChI is InChI=1S/C18H40N.H3N/c1-5-7-9-11-13-15-17-19(3,4)18-16-14-12-10-8-6-2;/h5-18H2,1-4H3;1H3/q+1;. The second-order valence-corrected chi connectivity index (χ2v) is 6.92. The van der Waals surface area contributed by atoms with Gasteiger partial charge in [0.15, 0.2) is 0 Å². The maximum Gasteiger partial charge on any atom is 0.0782 e. The number of nitrogens with zero attached hydrogens (tertiary/aromatic N) is 1. The fourth-order valence-electron chi connectivity index (χ4n) is 2.75. The lowest BCUT2D eigenvalue weighted by molar-refractivity contribution is -0.890. The Labute approximate surface area is 129 Å². The van der Waals surface area contributed by atoms with Crippen LogP contribution in [-0.2, 0) is 0 Å². The van der Waals surface area contributed by atoms with Gasteiger partial charge in [-0.3, -0.25) is 0 Å². The molecular weight excluding hydrogens is 244 g/mol. The van der Waals surface area contributed by atoms with Crippen molar-refractivity contribution >= 4 is 0 Å². The van der Waals surface area contributed by atoms with E-state index < -0.39 is 0 Å². The van der Waals surface area contributed by atoms with E-state index in [9.17, 15) is 0 Å². The first-order chi connectivity index (χ1) is 9.12. The topological polar surface area (TPSA) is 35.0 Å². The lowest BCUT2D eigenvalue weighted by Crippen LogP contribution is -2.41. The van der Waals surface area contributed by atoms with E-state index in [1.54, 1.807) is 0 Å². The van der Waals surface area contributed by atoms with Crippen LogP contribution in [0.15, 0.2) is 0 Å². The number of quaternary nitrogens is 1. The Kier molecular flexibility index (Phi) is 17.0. The molecule has 0 aliphatic heterocycles. The number of hydrogen-bond donors (Lipinski definition) is 1. The molecule has 0 saturated heterocycles. The maximum atomic E-state index is 2.41. The van der Waals surface area contributed by atoms with E-state index in [2.05, 4.69) is 27.9 Å². The molecule has 0 aromatic carbocycles. The van der Waals surface area contributed by atoms with Crippen LogP contribution in [0, 0.1) is 0 Å². The summed E-state index contributed by atoms with van der Waals surface area (Å²) in [5, 5.41) is 0. The van der Waals surface area contributed by atoms with Crippen molar-refractivity contribution in [3.63, 3.8) is 0 Å². The Morgan fingerprint density at radius 2 is 0.800 bits per heavy atom. The van der Waals surface area contributed by atoms with Crippen molar-refractivity contribution in [2.75, 3.05) is 27.2 Å². The molecule has 0 heterocycles. The van der Waals surface area contributed by atoms with Gasteiger partial charge >= 0.3 is 0 Å². The van der Waals surface area contributed by atoms with Crippen molar-refractivity contribution in [2.24, 2.45) is 0 Å². The molecule has 0 rings (SSSR count). The molecule has 0 radical (unpaired) electrons. The first kappa shape index (κ1) is 22.2. The monoisotopic (exact) mass is 287 g/mol. The molecule has 3 N–H and O–H groups in total. The van der Waals surface area contributed by atoms with Crippen LogP contribution in [0.1, 0.15) is 90.9 Å². The van der Waals surface area contributed by atoms with Gasteiger partial charge in [0.05, 0.1) is 27.2 Å². The minimum Gasteiger partial charge on any atom is -0.344 e. The molecule has 2 nitrogen and oxygen atoms in total. The van der Waals surface area contributed by atoms with Crippen LogP contribution in [-0.4, -0.2) is 31.7 Å². The van der Waals surface area contributed by atoms with Gasteiger partial charge in [-0.1, -0.05) is 65.2 Å². The summed E-state index contributed by atoms with van der Waals surface area (Å²) in [7, 11) is 4.83. The number of unbranched alkanes of at least 4 members (excludes halogenated alkanes) is 10. The van der Waals surface area contributed by atoms with Crippen molar-refractivity contribution < 1.29 is 4.48 Å². The molecule has 0 saturated carbocycles. The molecular formula is C18H43N2+. The second-order valence-electron chi connectivity index (χ2n) is 6.92. The Morgan fingerprint density at radius 3 is 1.15 bits per heavy atom. The first-order valence-corrected chi connectivity index (χ1v) is 8.94. The highest BCUT2D eigenvalue weighted by Crippen LogP contribution is 2.11. The fourth-order valence-corrected chi connectivity index (χ4v) is 2.75. The van der Waals surface area contributed by atoms with Crippen molar-refractivity contribution in [1.82, 2.24) is 6.15 Å². The number of hydrogen-bond acceptors (Lipinski definition) is 1. The third-order valence-electron chi connectivity index (χ3n) is 4.23. The molecule has 0 bridgehead atoms. The molecule has 0 spiro atoms. The average Bonchev–Trinajstić information content (AvgIpc) is 2.38. The third kappa shape index (κ3) is 16.0. The van der Waals surface area contributed by atoms with Crippen LogP contribution in [0.3, 0.4) is 0 Å². The zero-order chi connectivity index (χ0) is 14.4. The minimum atomic E-state index is 0. The van der Waals surface area contributed by atoms with E-state index >= 15 is 0 Å². The SMILES string of the molecule is CCCCCCCC[N+](C)(C)CCCCCCCC.N. The van der Waals surface area contributed by atoms with Gasteiger partial charge in [0.25, 0.3) is 0 Å². The zero-order valence-electron chi connectivity index (χ0n) is 15.1. The number of rotatable bonds is 14. The van der Waals surface area contributed by atoms with E-state index in [1.165, 1.54) is 94.6 Å². The Balaban J connectivity index is 0. The molecule has 0 aliphatic carbocycles. The van der Waals surface area contributed by atoms with Gasteiger partial charge in [-0.2, -0.15) is 0 Å². The average molecular weight is 288 g/mol. The molecule has 0 unspecified atom stereocenters. The van der Waals surface area contributed by atoms with Crippen molar-refractivity contribution in [3.05, 3.63) is 0 Å². The second kappa shape index (κ2) is 15.3. The zero-order valence-corrected chi connectivity index (χ0v) is 15.1. The molecule has 0 aromatic heterocycles. The van der Waals surface area contributed by atoms with Gasteiger partial charge in [-0.15, -0.1) is 0 Å². The molecule has 20 heavy (non-hydrogen) atoms. The van der Waals surface area contributed by atoms with Gasteiger partial charge < -0.3 is 10.6 Å². The summed E-state index contributed by atoms with van der Waals surface area (Å²) in [6.45, 7) is 7.34. The summed E-state index contributed by atoms with van der Waals surface area (Å²) >= 11 is 0. The van der Waals surface area contributed by atoms with Crippen LogP contribution in [0.5, 0.6) is 0 Å². The summed E-state index contributed by atoms with van der Waals surface area (Å²) in [4.78, 5) is 0. The van der Waals surface area contributed by atoms with E-state index in [4.69, 9.17) is 0 Å². The lowest BCUT2D eigenvalue weighted by atomic mass is 10.1. The van der Waals surface area contributed by atoms with Gasteiger partial charge in [0.2, 0.25) is 0 Å². The van der Waals surface area contributed by atoms with E-state index in [0.717, 1.165) is 0 Å². The van der Waals surface area contributed by atoms with E-state index in [0.29, 0.717) is 0 Å². The quantitative estimate of drug-likeness (QED) is 0.311. The molecule has 0 aromatic rings. The molecule has 0 aliphatic rings. The first-order valence-electron chi connectivity index (χ1n) is 8.94. The van der Waals surface area contributed by atoms with Crippen LogP contribution >= 0.6 is 0 Å². The summed E-state index contributed by atoms with van der Waals surface area (Å²) in [5.41, 5.74) is 0. The summed E-state index contributed by atoms with van der Waals surface area (Å²) in [6, 6.07) is 0. The highest BCUT2D eigenvalue weighted by Gasteiger charge is 2.13. The van der Waals surface area contributed by atoms with Gasteiger partial charge in [0.1, 0.15) is 0 Å². The predicted octanol–water partition coefficient (Wildman–Crippen LogP) is 5.95. The lowest BCUT2D eigenvalue weighted by Gasteiger charge is -2.30. The van der Waals surface area contributed by atoms with Crippen LogP contribution in [0.2, 0.25) is 0 Å². The Hall–Kier alpha value is -0.0800. The third-order valence-corrected chi connectivity index (χ3v) is 4.23. The molecule has 124 valence electrons. The molecule has 0 atom stereocenters. The Bertz CT molecular complexity index is 160. The van der Waals surface area contributed by atoms with Gasteiger partial charge in [-0.25, -0.2) is 0 Å². The summed E-state index contributed by atoms with van der Waals surface area (Å²) < 4.78 is 1.24. The predicted molar refractivity (Wildman–Crippen MR) is 93.6 cm³/mol. The van der Waals surface area contributed by atoms with Gasteiger partial charge in [0, 0.05) is 0 Å². The highest BCUT2D eigenvalue weighted by atomic mass is 15.3. The molecule has 0 fully saturated rings. The van der Waals surface area contributed by atoms with Crippen molar-refractivity contribution in [1.29, 1.82) is 0 Å². The van der Waals surface area contributed by atoms with E-state index in [-0.39, 0.29) is 6.15 Å². The Morgan fingerprint density at radius 1 is 0.500 bits per heavy atom. The maximum absolute atomic E-state index is 2.41. The fraction of sp³-hybridized carbons (Fsp3) is 1.00. The largest absolute Gasteiger partial charge is 0.344 e. The van der Waals surface area contributed by atoms with Crippen LogP contribution < -0.4 is 6.15 Å². The van der Waals surface area contributed by atoms with Crippen LogP contribution in [0.25, 0.3) is 0 Å². The summed E-state index contributed by atoms with van der Waals surface area (Å²) in [5.74, 6) is 0.